The van der Waals surface area contributed by atoms with Crippen LogP contribution in [0.5, 0.6) is 11.5 Å². The Morgan fingerprint density at radius 2 is 1.92 bits per heavy atom. The van der Waals surface area contributed by atoms with Crippen molar-refractivity contribution in [2.24, 2.45) is 0 Å². The van der Waals surface area contributed by atoms with Crippen molar-refractivity contribution in [3.05, 3.63) is 34.3 Å². The summed E-state index contributed by atoms with van der Waals surface area (Å²) >= 11 is 1.56. The van der Waals surface area contributed by atoms with Gasteiger partial charge in [0.25, 0.3) is 5.91 Å². The number of ether oxygens (including phenoxy) is 2. The number of carbonyl (C=O) groups excluding carboxylic acids is 1. The molecule has 1 saturated heterocycles. The van der Waals surface area contributed by atoms with E-state index in [-0.39, 0.29) is 5.91 Å². The third-order valence-corrected chi connectivity index (χ3v) is 4.74. The van der Waals surface area contributed by atoms with Crippen molar-refractivity contribution in [3.8, 4) is 11.5 Å². The van der Waals surface area contributed by atoms with Crippen LogP contribution in [0.4, 0.5) is 0 Å². The van der Waals surface area contributed by atoms with E-state index in [1.165, 1.54) is 0 Å². The molecule has 1 aromatic carbocycles. The van der Waals surface area contributed by atoms with Gasteiger partial charge in [-0.15, -0.1) is 21.5 Å². The van der Waals surface area contributed by atoms with Crippen molar-refractivity contribution in [2.75, 3.05) is 40.4 Å². The van der Waals surface area contributed by atoms with Crippen molar-refractivity contribution in [2.45, 2.75) is 6.54 Å². The molecule has 7 nitrogen and oxygen atoms in total. The first-order valence-electron chi connectivity index (χ1n) is 7.70. The van der Waals surface area contributed by atoms with Gasteiger partial charge in [-0.2, -0.15) is 0 Å². The Morgan fingerprint density at radius 3 is 2.54 bits per heavy atom. The molecule has 0 unspecified atom stereocenters. The van der Waals surface area contributed by atoms with E-state index in [0.717, 1.165) is 24.6 Å². The average molecular weight is 348 g/mol. The Kier molecular flexibility index (Phi) is 5.27. The van der Waals surface area contributed by atoms with Gasteiger partial charge in [0.05, 0.1) is 20.8 Å². The Morgan fingerprint density at radius 1 is 1.17 bits per heavy atom. The molecule has 2 heterocycles. The number of methoxy groups -OCH3 is 2. The smallest absolute Gasteiger partial charge is 0.254 e. The fourth-order valence-corrected chi connectivity index (χ4v) is 3.28. The molecule has 0 aliphatic carbocycles. The summed E-state index contributed by atoms with van der Waals surface area (Å²) in [5.74, 6) is 1.21. The summed E-state index contributed by atoms with van der Waals surface area (Å²) in [4.78, 5) is 16.8. The number of hydrogen-bond acceptors (Lipinski definition) is 7. The van der Waals surface area contributed by atoms with E-state index < -0.39 is 0 Å². The van der Waals surface area contributed by atoms with Crippen LogP contribution in [0.15, 0.2) is 23.7 Å². The van der Waals surface area contributed by atoms with Gasteiger partial charge in [-0.05, 0) is 18.2 Å². The highest BCUT2D eigenvalue weighted by Crippen LogP contribution is 2.28. The lowest BCUT2D eigenvalue weighted by molar-refractivity contribution is 0.0627. The number of hydrogen-bond donors (Lipinski definition) is 0. The molecule has 8 heteroatoms. The van der Waals surface area contributed by atoms with Crippen LogP contribution >= 0.6 is 11.3 Å². The minimum absolute atomic E-state index is 0.0199. The molecule has 0 atom stereocenters. The number of benzene rings is 1. The number of nitrogens with zero attached hydrogens (tertiary/aromatic N) is 4. The monoisotopic (exact) mass is 348 g/mol. The highest BCUT2D eigenvalue weighted by molar-refractivity contribution is 7.09. The van der Waals surface area contributed by atoms with Gasteiger partial charge in [-0.25, -0.2) is 0 Å². The second-order valence-electron chi connectivity index (χ2n) is 5.47. The second-order valence-corrected chi connectivity index (χ2v) is 6.39. The molecule has 0 saturated carbocycles. The van der Waals surface area contributed by atoms with Gasteiger partial charge in [0.2, 0.25) is 0 Å². The predicted molar refractivity (Wildman–Crippen MR) is 90.6 cm³/mol. The summed E-state index contributed by atoms with van der Waals surface area (Å²) in [6.45, 7) is 3.86. The summed E-state index contributed by atoms with van der Waals surface area (Å²) in [5, 5.41) is 8.93. The summed E-state index contributed by atoms with van der Waals surface area (Å²) in [6, 6.07) is 5.27. The predicted octanol–water partition coefficient (Wildman–Crippen LogP) is 1.51. The first-order chi connectivity index (χ1) is 11.7. The van der Waals surface area contributed by atoms with Crippen LogP contribution in [0.25, 0.3) is 0 Å². The van der Waals surface area contributed by atoms with Crippen LogP contribution in [0, 0.1) is 0 Å². The molecule has 0 radical (unpaired) electrons. The van der Waals surface area contributed by atoms with Crippen molar-refractivity contribution in [1.82, 2.24) is 20.0 Å². The van der Waals surface area contributed by atoms with Crippen molar-refractivity contribution in [1.29, 1.82) is 0 Å². The Balaban J connectivity index is 1.60. The number of rotatable bonds is 5. The standard InChI is InChI=1S/C16H20N4O3S/c1-22-13-4-3-12(9-14(13)23-2)16(21)20-7-5-19(6-8-20)10-15-18-17-11-24-15/h3-4,9,11H,5-8,10H2,1-2H3. The molecular formula is C16H20N4O3S. The van der Waals surface area contributed by atoms with Gasteiger partial charge in [-0.1, -0.05) is 0 Å². The molecule has 1 aromatic heterocycles. The van der Waals surface area contributed by atoms with E-state index in [1.807, 2.05) is 4.90 Å². The molecule has 1 aliphatic rings. The second kappa shape index (κ2) is 7.59. The Labute approximate surface area is 144 Å². The lowest BCUT2D eigenvalue weighted by Crippen LogP contribution is -2.48. The molecule has 0 bridgehead atoms. The summed E-state index contributed by atoms with van der Waals surface area (Å²) in [6.07, 6.45) is 0. The number of piperazine rings is 1. The number of carbonyl (C=O) groups is 1. The molecule has 0 N–H and O–H groups in total. The van der Waals surface area contributed by atoms with E-state index >= 15 is 0 Å². The number of aromatic nitrogens is 2. The lowest BCUT2D eigenvalue weighted by Gasteiger charge is -2.34. The molecule has 1 fully saturated rings. The Bertz CT molecular complexity index is 685. The van der Waals surface area contributed by atoms with Crippen LogP contribution in [-0.4, -0.2) is 66.3 Å². The van der Waals surface area contributed by atoms with E-state index in [4.69, 9.17) is 9.47 Å². The van der Waals surface area contributed by atoms with Gasteiger partial charge in [0.1, 0.15) is 10.5 Å². The fraction of sp³-hybridized carbons (Fsp3) is 0.438. The highest BCUT2D eigenvalue weighted by atomic mass is 32.1. The zero-order valence-corrected chi connectivity index (χ0v) is 14.6. The summed E-state index contributed by atoms with van der Waals surface area (Å²) < 4.78 is 10.5. The quantitative estimate of drug-likeness (QED) is 0.816. The van der Waals surface area contributed by atoms with E-state index in [2.05, 4.69) is 15.1 Å². The summed E-state index contributed by atoms with van der Waals surface area (Å²) in [7, 11) is 3.15. The van der Waals surface area contributed by atoms with Crippen LogP contribution in [0.2, 0.25) is 0 Å². The topological polar surface area (TPSA) is 67.8 Å². The van der Waals surface area contributed by atoms with Crippen molar-refractivity contribution in [3.63, 3.8) is 0 Å². The Hall–Kier alpha value is -2.19. The molecule has 1 aliphatic heterocycles. The largest absolute Gasteiger partial charge is 0.493 e. The third-order valence-electron chi connectivity index (χ3n) is 4.05. The van der Waals surface area contributed by atoms with E-state index in [9.17, 15) is 4.79 Å². The normalized spacial score (nSPS) is 15.3. The SMILES string of the molecule is COc1ccc(C(=O)N2CCN(Cc3nncs3)CC2)cc1OC. The van der Waals surface area contributed by atoms with Crippen LogP contribution in [-0.2, 0) is 6.54 Å². The minimum atomic E-state index is 0.0199. The van der Waals surface area contributed by atoms with Crippen LogP contribution in [0.1, 0.15) is 15.4 Å². The van der Waals surface area contributed by atoms with Crippen molar-refractivity contribution < 1.29 is 14.3 Å². The summed E-state index contributed by atoms with van der Waals surface area (Å²) in [5.41, 5.74) is 2.36. The average Bonchev–Trinajstić information content (AvgIpc) is 3.14. The van der Waals surface area contributed by atoms with Gasteiger partial charge < -0.3 is 14.4 Å². The van der Waals surface area contributed by atoms with Gasteiger partial charge in [0, 0.05) is 31.7 Å². The maximum atomic E-state index is 12.7. The molecule has 3 rings (SSSR count). The zero-order chi connectivity index (χ0) is 16.9. The zero-order valence-electron chi connectivity index (χ0n) is 13.8. The molecular weight excluding hydrogens is 328 g/mol. The third kappa shape index (κ3) is 3.65. The molecule has 0 spiro atoms. The maximum absolute atomic E-state index is 12.7. The fourth-order valence-electron chi connectivity index (χ4n) is 2.72. The van der Waals surface area contributed by atoms with Crippen molar-refractivity contribution >= 4 is 17.2 Å². The van der Waals surface area contributed by atoms with Crippen LogP contribution < -0.4 is 9.47 Å². The van der Waals surface area contributed by atoms with E-state index in [0.29, 0.717) is 30.2 Å². The van der Waals surface area contributed by atoms with E-state index in [1.54, 1.807) is 49.3 Å². The lowest BCUT2D eigenvalue weighted by atomic mass is 10.1. The first-order valence-corrected chi connectivity index (χ1v) is 8.58. The first kappa shape index (κ1) is 16.7. The maximum Gasteiger partial charge on any atom is 0.254 e. The van der Waals surface area contributed by atoms with Gasteiger partial charge >= 0.3 is 0 Å². The van der Waals surface area contributed by atoms with Crippen LogP contribution in [0.3, 0.4) is 0 Å². The molecule has 128 valence electrons. The molecule has 2 aromatic rings. The molecule has 24 heavy (non-hydrogen) atoms. The van der Waals surface area contributed by atoms with Gasteiger partial charge in [0.15, 0.2) is 11.5 Å². The van der Waals surface area contributed by atoms with Gasteiger partial charge in [-0.3, -0.25) is 9.69 Å². The molecule has 1 amide bonds. The number of amides is 1. The minimum Gasteiger partial charge on any atom is -0.493 e. The highest BCUT2D eigenvalue weighted by Gasteiger charge is 2.23.